The van der Waals surface area contributed by atoms with Gasteiger partial charge < -0.3 is 28.8 Å². The molecule has 0 fully saturated rings. The summed E-state index contributed by atoms with van der Waals surface area (Å²) in [5, 5.41) is 13.9. The smallest absolute Gasteiger partial charge is 0.268 e. The van der Waals surface area contributed by atoms with Gasteiger partial charge in [-0.15, -0.1) is 0 Å². The molecular weight excluding hydrogens is 924 g/mol. The lowest BCUT2D eigenvalue weighted by atomic mass is 10.0. The van der Waals surface area contributed by atoms with Crippen LogP contribution in [-0.2, 0) is 18.4 Å². The van der Waals surface area contributed by atoms with Crippen molar-refractivity contribution in [2.24, 2.45) is 0 Å². The number of allylic oxidation sites excluding steroid dienone is 15. The van der Waals surface area contributed by atoms with Crippen LogP contribution in [0.4, 0.5) is 0 Å². The summed E-state index contributed by atoms with van der Waals surface area (Å²) in [6, 6.07) is -0.911. The highest BCUT2D eigenvalue weighted by atomic mass is 31.2. The molecule has 0 radical (unpaired) electrons. The molecule has 1 amide bonds. The maximum atomic E-state index is 13.0. The van der Waals surface area contributed by atoms with E-state index in [4.69, 9.17) is 9.05 Å². The second-order valence-electron chi connectivity index (χ2n) is 21.3. The highest BCUT2D eigenvalue weighted by Crippen LogP contribution is 2.38. The first kappa shape index (κ1) is 70.4. The van der Waals surface area contributed by atoms with Crippen molar-refractivity contribution in [3.63, 3.8) is 0 Å². The van der Waals surface area contributed by atoms with Gasteiger partial charge in [0.1, 0.15) is 13.2 Å². The Morgan fingerprint density at radius 2 is 0.849 bits per heavy atom. The monoisotopic (exact) mass is 1040 g/mol. The fourth-order valence-electron chi connectivity index (χ4n) is 8.35. The number of aliphatic hydroxyl groups is 1. The maximum Gasteiger partial charge on any atom is 0.268 e. The normalized spacial score (nSPS) is 14.6. The zero-order valence-electron chi connectivity index (χ0n) is 48.1. The molecule has 2 N–H and O–H groups in total. The van der Waals surface area contributed by atoms with E-state index in [0.717, 1.165) is 77.0 Å². The number of hydrogen-bond acceptors (Lipinski definition) is 6. The first-order valence-electron chi connectivity index (χ1n) is 30.1. The van der Waals surface area contributed by atoms with E-state index >= 15 is 0 Å². The Morgan fingerprint density at radius 3 is 1.27 bits per heavy atom. The van der Waals surface area contributed by atoms with E-state index in [9.17, 15) is 19.4 Å². The lowest BCUT2D eigenvalue weighted by Gasteiger charge is -2.29. The maximum absolute atomic E-state index is 13.0. The fraction of sp³-hybridized carbons (Fsp3) is 0.734. The number of phosphoric ester groups is 1. The molecule has 9 heteroatoms. The van der Waals surface area contributed by atoms with Crippen molar-refractivity contribution in [1.82, 2.24) is 5.32 Å². The van der Waals surface area contributed by atoms with Crippen LogP contribution in [0.1, 0.15) is 251 Å². The average Bonchev–Trinajstić information content (AvgIpc) is 3.35. The van der Waals surface area contributed by atoms with Crippen molar-refractivity contribution < 1.29 is 32.9 Å². The van der Waals surface area contributed by atoms with Gasteiger partial charge in [-0.3, -0.25) is 9.36 Å². The van der Waals surface area contributed by atoms with E-state index in [1.54, 1.807) is 6.08 Å². The highest BCUT2D eigenvalue weighted by molar-refractivity contribution is 7.45. The Kier molecular flexibility index (Phi) is 52.3. The van der Waals surface area contributed by atoms with Gasteiger partial charge in [0.15, 0.2) is 0 Å². The number of aliphatic hydroxyl groups excluding tert-OH is 1. The Hall–Kier alpha value is -2.58. The zero-order chi connectivity index (χ0) is 53.5. The molecule has 0 saturated carbocycles. The molecule has 0 aromatic carbocycles. The summed E-state index contributed by atoms with van der Waals surface area (Å²) in [6.07, 6.45) is 77.7. The molecule has 0 spiro atoms. The second kappa shape index (κ2) is 54.2. The second-order valence-corrected chi connectivity index (χ2v) is 22.7. The number of amides is 1. The predicted octanol–water partition coefficient (Wildman–Crippen LogP) is 18.0. The van der Waals surface area contributed by atoms with Gasteiger partial charge >= 0.3 is 0 Å². The number of phosphoric acid groups is 1. The molecule has 0 aliphatic heterocycles. The summed E-state index contributed by atoms with van der Waals surface area (Å²) in [5.74, 6) is -0.212. The standard InChI is InChI=1S/C64H115N2O6P/c1-6-8-10-12-14-16-18-20-22-24-26-28-29-30-31-32-33-34-35-36-37-38-40-42-44-46-48-50-52-54-56-58-64(68)65-62(61-72-73(69,70)71-60-59-66(3,4)5)63(67)57-55-53-51-49-47-45-43-41-39-27-25-23-21-19-17-15-13-11-9-7-2/h8,10,14,16,20,22,26,28,30-31,33-34,47,49,55,57,62-63,67H,6-7,9,11-13,15,17-19,21,23-25,27,29,32,35-46,48,50-54,56,58-61H2,1-5H3,(H-,65,68,69,70)/b10-8-,16-14-,22-20-,28-26-,31-30-,34-33-,49-47+,57-55+. The van der Waals surface area contributed by atoms with Gasteiger partial charge in [-0.05, 0) is 83.5 Å². The third-order valence-electron chi connectivity index (χ3n) is 13.0. The van der Waals surface area contributed by atoms with Crippen LogP contribution >= 0.6 is 7.82 Å². The van der Waals surface area contributed by atoms with Crippen LogP contribution in [-0.4, -0.2) is 68.5 Å². The van der Waals surface area contributed by atoms with Gasteiger partial charge in [-0.25, -0.2) is 0 Å². The van der Waals surface area contributed by atoms with Gasteiger partial charge in [0.2, 0.25) is 5.91 Å². The van der Waals surface area contributed by atoms with E-state index < -0.39 is 26.6 Å². The molecule has 0 rings (SSSR count). The van der Waals surface area contributed by atoms with E-state index in [2.05, 4.69) is 104 Å². The SMILES string of the molecule is CC/C=C\C/C=C\C/C=C\C/C=C\C/C=C\C/C=C\CCCCCCCCCCCCCCC(=O)NC(COP(=O)([O-])OCC[N+](C)(C)C)C(O)/C=C/CC/C=C/CCCCCCCCCCCCCCCC. The molecule has 0 bridgehead atoms. The minimum Gasteiger partial charge on any atom is -0.756 e. The molecule has 0 heterocycles. The van der Waals surface area contributed by atoms with E-state index in [1.807, 2.05) is 27.2 Å². The van der Waals surface area contributed by atoms with Crippen molar-refractivity contribution in [1.29, 1.82) is 0 Å². The van der Waals surface area contributed by atoms with Gasteiger partial charge in [0.25, 0.3) is 7.82 Å². The highest BCUT2D eigenvalue weighted by Gasteiger charge is 2.23. The molecule has 8 nitrogen and oxygen atoms in total. The number of carbonyl (C=O) groups is 1. The van der Waals surface area contributed by atoms with Crippen LogP contribution in [0.15, 0.2) is 97.2 Å². The fourth-order valence-corrected chi connectivity index (χ4v) is 9.07. The first-order valence-corrected chi connectivity index (χ1v) is 31.6. The molecular formula is C64H115N2O6P. The Bertz CT molecular complexity index is 1510. The van der Waals surface area contributed by atoms with Gasteiger partial charge in [0.05, 0.1) is 39.9 Å². The number of hydrogen-bond donors (Lipinski definition) is 2. The minimum absolute atomic E-state index is 0.0104. The van der Waals surface area contributed by atoms with Gasteiger partial charge in [-0.1, -0.05) is 259 Å². The molecule has 422 valence electrons. The summed E-state index contributed by atoms with van der Waals surface area (Å²) < 4.78 is 23.4. The van der Waals surface area contributed by atoms with Crippen molar-refractivity contribution in [3.05, 3.63) is 97.2 Å². The first-order chi connectivity index (χ1) is 35.5. The van der Waals surface area contributed by atoms with Crippen molar-refractivity contribution in [3.8, 4) is 0 Å². The number of carbonyl (C=O) groups excluding carboxylic acids is 1. The van der Waals surface area contributed by atoms with Gasteiger partial charge in [0, 0.05) is 6.42 Å². The quantitative estimate of drug-likeness (QED) is 0.0272. The third-order valence-corrected chi connectivity index (χ3v) is 14.0. The molecule has 0 aliphatic carbocycles. The zero-order valence-corrected chi connectivity index (χ0v) is 49.0. The summed E-state index contributed by atoms with van der Waals surface area (Å²) >= 11 is 0. The van der Waals surface area contributed by atoms with Crippen LogP contribution in [0.5, 0.6) is 0 Å². The van der Waals surface area contributed by atoms with E-state index in [-0.39, 0.29) is 12.5 Å². The van der Waals surface area contributed by atoms with Crippen LogP contribution in [0.3, 0.4) is 0 Å². The van der Waals surface area contributed by atoms with Crippen molar-refractivity contribution in [2.75, 3.05) is 40.9 Å². The Morgan fingerprint density at radius 1 is 0.493 bits per heavy atom. The number of nitrogens with zero attached hydrogens (tertiary/aromatic N) is 1. The van der Waals surface area contributed by atoms with Gasteiger partial charge in [-0.2, -0.15) is 0 Å². The molecule has 0 saturated heterocycles. The van der Waals surface area contributed by atoms with Crippen molar-refractivity contribution >= 4 is 13.7 Å². The summed E-state index contributed by atoms with van der Waals surface area (Å²) in [4.78, 5) is 25.5. The molecule has 0 aromatic heterocycles. The topological polar surface area (TPSA) is 108 Å². The molecule has 3 unspecified atom stereocenters. The lowest BCUT2D eigenvalue weighted by molar-refractivity contribution is -0.870. The summed E-state index contributed by atoms with van der Waals surface area (Å²) in [6.45, 7) is 4.52. The third kappa shape index (κ3) is 57.0. The number of likely N-dealkylation sites (N-methyl/N-ethyl adjacent to an activating group) is 1. The summed E-state index contributed by atoms with van der Waals surface area (Å²) in [5.41, 5.74) is 0. The average molecular weight is 1040 g/mol. The Labute approximate surface area is 451 Å². The minimum atomic E-state index is -4.61. The molecule has 0 aliphatic rings. The van der Waals surface area contributed by atoms with E-state index in [0.29, 0.717) is 17.4 Å². The van der Waals surface area contributed by atoms with Crippen LogP contribution in [0.2, 0.25) is 0 Å². The molecule has 73 heavy (non-hydrogen) atoms. The predicted molar refractivity (Wildman–Crippen MR) is 316 cm³/mol. The summed E-state index contributed by atoms with van der Waals surface area (Å²) in [7, 11) is 1.24. The van der Waals surface area contributed by atoms with E-state index in [1.165, 1.54) is 154 Å². The van der Waals surface area contributed by atoms with Crippen LogP contribution in [0.25, 0.3) is 0 Å². The largest absolute Gasteiger partial charge is 0.756 e. The van der Waals surface area contributed by atoms with Crippen LogP contribution in [0, 0.1) is 0 Å². The number of unbranched alkanes of at least 4 members (excludes halogenated alkanes) is 27. The lowest BCUT2D eigenvalue weighted by Crippen LogP contribution is -2.45. The van der Waals surface area contributed by atoms with Crippen molar-refractivity contribution in [2.45, 2.75) is 264 Å². The molecule has 3 atom stereocenters. The number of nitrogens with one attached hydrogen (secondary N) is 1. The number of rotatable bonds is 54. The van der Waals surface area contributed by atoms with Crippen LogP contribution < -0.4 is 10.2 Å². The number of quaternary nitrogens is 1. The molecule has 0 aromatic rings. The Balaban J connectivity index is 4.21.